The van der Waals surface area contributed by atoms with Gasteiger partial charge in [0, 0.05) is 18.4 Å². The van der Waals surface area contributed by atoms with Gasteiger partial charge in [-0.3, -0.25) is 9.59 Å². The van der Waals surface area contributed by atoms with Crippen LogP contribution < -0.4 is 4.90 Å². The minimum Gasteiger partial charge on any atom is -0.301 e. The predicted octanol–water partition coefficient (Wildman–Crippen LogP) is 2.05. The molecule has 5 heteroatoms. The average molecular weight is 258 g/mol. The molecule has 0 unspecified atom stereocenters. The van der Waals surface area contributed by atoms with Crippen LogP contribution in [0, 0.1) is 22.6 Å². The third-order valence-electron chi connectivity index (χ3n) is 3.85. The first kappa shape index (κ1) is 11.8. The molecule has 0 atom stereocenters. The number of ketones is 1. The second kappa shape index (κ2) is 3.89. The highest BCUT2D eigenvalue weighted by Gasteiger charge is 2.48. The van der Waals surface area contributed by atoms with E-state index >= 15 is 0 Å². The third kappa shape index (κ3) is 1.72. The van der Waals surface area contributed by atoms with Crippen molar-refractivity contribution in [3.8, 4) is 6.07 Å². The van der Waals surface area contributed by atoms with E-state index in [4.69, 9.17) is 5.26 Å². The summed E-state index contributed by atoms with van der Waals surface area (Å²) in [6.07, 6.45) is 2.00. The monoisotopic (exact) mass is 258 g/mol. The van der Waals surface area contributed by atoms with Gasteiger partial charge in [0.05, 0.1) is 17.3 Å². The van der Waals surface area contributed by atoms with Crippen molar-refractivity contribution < 1.29 is 14.0 Å². The standard InChI is InChI=1S/C14H11FN2O2/c15-10-3-1-2-9-11(10)17(13(19)12(9)18)8-14(4-5-14)6-7-16/h1-3H,4-6,8H2. The maximum absolute atomic E-state index is 13.9. The molecule has 0 aromatic heterocycles. The highest BCUT2D eigenvalue weighted by atomic mass is 19.1. The molecule has 1 aromatic rings. The fourth-order valence-electron chi connectivity index (χ4n) is 2.53. The average Bonchev–Trinajstić information content (AvgIpc) is 3.10. The molecule has 0 spiro atoms. The summed E-state index contributed by atoms with van der Waals surface area (Å²) in [6.45, 7) is 0.249. The van der Waals surface area contributed by atoms with Crippen LogP contribution in [0.4, 0.5) is 10.1 Å². The van der Waals surface area contributed by atoms with Crippen molar-refractivity contribution in [2.45, 2.75) is 19.3 Å². The molecule has 0 saturated heterocycles. The first-order valence-electron chi connectivity index (χ1n) is 6.10. The number of amides is 1. The summed E-state index contributed by atoms with van der Waals surface area (Å²) >= 11 is 0. The van der Waals surface area contributed by atoms with Crippen LogP contribution in [0.25, 0.3) is 0 Å². The Bertz CT molecular complexity index is 629. The van der Waals surface area contributed by atoms with Gasteiger partial charge < -0.3 is 4.90 Å². The van der Waals surface area contributed by atoms with Crippen LogP contribution in [0.2, 0.25) is 0 Å². The van der Waals surface area contributed by atoms with Gasteiger partial charge in [0.15, 0.2) is 0 Å². The fraction of sp³-hybridized carbons (Fsp3) is 0.357. The topological polar surface area (TPSA) is 61.2 Å². The van der Waals surface area contributed by atoms with Crippen molar-refractivity contribution in [2.24, 2.45) is 5.41 Å². The Kier molecular flexibility index (Phi) is 2.42. The summed E-state index contributed by atoms with van der Waals surface area (Å²) in [6, 6.07) is 6.21. The quantitative estimate of drug-likeness (QED) is 0.779. The van der Waals surface area contributed by atoms with Crippen molar-refractivity contribution >= 4 is 17.4 Å². The lowest BCUT2D eigenvalue weighted by Crippen LogP contribution is -2.35. The van der Waals surface area contributed by atoms with E-state index in [1.54, 1.807) is 0 Å². The van der Waals surface area contributed by atoms with Gasteiger partial charge in [0.2, 0.25) is 0 Å². The predicted molar refractivity (Wildman–Crippen MR) is 65.0 cm³/mol. The van der Waals surface area contributed by atoms with E-state index in [1.165, 1.54) is 23.1 Å². The SMILES string of the molecule is N#CCC1(CN2C(=O)C(=O)c3cccc(F)c32)CC1. The summed E-state index contributed by atoms with van der Waals surface area (Å²) in [4.78, 5) is 25.0. The van der Waals surface area contributed by atoms with Crippen LogP contribution >= 0.6 is 0 Å². The minimum absolute atomic E-state index is 0.0710. The minimum atomic E-state index is -0.690. The van der Waals surface area contributed by atoms with Crippen LogP contribution in [0.1, 0.15) is 29.6 Å². The third-order valence-corrected chi connectivity index (χ3v) is 3.85. The number of fused-ring (bicyclic) bond motifs is 1. The Morgan fingerprint density at radius 3 is 2.74 bits per heavy atom. The zero-order valence-electron chi connectivity index (χ0n) is 10.1. The summed E-state index contributed by atoms with van der Waals surface area (Å²) < 4.78 is 13.9. The molecule has 1 saturated carbocycles. The number of nitrogens with zero attached hydrogens (tertiary/aromatic N) is 2. The van der Waals surface area contributed by atoms with Gasteiger partial charge in [-0.1, -0.05) is 6.07 Å². The Labute approximate surface area is 109 Å². The smallest absolute Gasteiger partial charge is 0.299 e. The summed E-state index contributed by atoms with van der Waals surface area (Å²) in [7, 11) is 0. The van der Waals surface area contributed by atoms with Crippen LogP contribution in [-0.4, -0.2) is 18.2 Å². The fourth-order valence-corrected chi connectivity index (χ4v) is 2.53. The summed E-state index contributed by atoms with van der Waals surface area (Å²) in [5.74, 6) is -1.92. The molecule has 96 valence electrons. The molecular weight excluding hydrogens is 247 g/mol. The molecule has 1 aliphatic carbocycles. The van der Waals surface area contributed by atoms with Gasteiger partial charge in [-0.05, 0) is 25.0 Å². The molecule has 4 nitrogen and oxygen atoms in total. The molecule has 0 bridgehead atoms. The van der Waals surface area contributed by atoms with E-state index in [9.17, 15) is 14.0 Å². The number of hydrogen-bond acceptors (Lipinski definition) is 3. The zero-order chi connectivity index (χ0) is 13.6. The molecule has 2 aliphatic rings. The van der Waals surface area contributed by atoms with Gasteiger partial charge in [-0.15, -0.1) is 0 Å². The molecule has 1 aliphatic heterocycles. The number of hydrogen-bond donors (Lipinski definition) is 0. The summed E-state index contributed by atoms with van der Waals surface area (Å²) in [5, 5.41) is 8.79. The highest BCUT2D eigenvalue weighted by Crippen LogP contribution is 2.50. The van der Waals surface area contributed by atoms with Crippen LogP contribution in [0.5, 0.6) is 0 Å². The molecule has 3 rings (SSSR count). The van der Waals surface area contributed by atoms with Crippen molar-refractivity contribution in [1.82, 2.24) is 0 Å². The van der Waals surface area contributed by atoms with Crippen molar-refractivity contribution in [3.63, 3.8) is 0 Å². The number of benzene rings is 1. The van der Waals surface area contributed by atoms with E-state index in [2.05, 4.69) is 6.07 Å². The molecule has 0 N–H and O–H groups in total. The lowest BCUT2D eigenvalue weighted by atomic mass is 10.0. The first-order valence-corrected chi connectivity index (χ1v) is 6.10. The largest absolute Gasteiger partial charge is 0.301 e. The van der Waals surface area contributed by atoms with Crippen molar-refractivity contribution in [1.29, 1.82) is 5.26 Å². The highest BCUT2D eigenvalue weighted by molar-refractivity contribution is 6.52. The van der Waals surface area contributed by atoms with Crippen LogP contribution in [0.15, 0.2) is 18.2 Å². The molecule has 0 radical (unpaired) electrons. The van der Waals surface area contributed by atoms with Gasteiger partial charge >= 0.3 is 0 Å². The number of rotatable bonds is 3. The van der Waals surface area contributed by atoms with E-state index in [0.717, 1.165) is 12.8 Å². The number of carbonyl (C=O) groups is 2. The van der Waals surface area contributed by atoms with Crippen LogP contribution in [-0.2, 0) is 4.79 Å². The maximum atomic E-state index is 13.9. The Morgan fingerprint density at radius 2 is 2.11 bits per heavy atom. The number of Topliss-reactive ketones (excluding diaryl/α,β-unsaturated/α-hetero) is 1. The Morgan fingerprint density at radius 1 is 1.37 bits per heavy atom. The first-order chi connectivity index (χ1) is 9.08. The Hall–Kier alpha value is -2.22. The molecule has 1 fully saturated rings. The number of halogens is 1. The number of carbonyl (C=O) groups excluding carboxylic acids is 2. The molecule has 1 aromatic carbocycles. The number of anilines is 1. The second-order valence-electron chi connectivity index (χ2n) is 5.19. The lowest BCUT2D eigenvalue weighted by molar-refractivity contribution is -0.114. The molecule has 1 heterocycles. The van der Waals surface area contributed by atoms with Crippen LogP contribution in [0.3, 0.4) is 0 Å². The normalized spacial score (nSPS) is 19.3. The van der Waals surface area contributed by atoms with Gasteiger partial charge in [-0.25, -0.2) is 4.39 Å². The van der Waals surface area contributed by atoms with E-state index in [-0.39, 0.29) is 23.2 Å². The number of para-hydroxylation sites is 1. The number of nitriles is 1. The van der Waals surface area contributed by atoms with Gasteiger partial charge in [-0.2, -0.15) is 5.26 Å². The van der Waals surface area contributed by atoms with Crippen molar-refractivity contribution in [2.75, 3.05) is 11.4 Å². The maximum Gasteiger partial charge on any atom is 0.299 e. The van der Waals surface area contributed by atoms with Gasteiger partial charge in [0.1, 0.15) is 5.82 Å². The second-order valence-corrected chi connectivity index (χ2v) is 5.19. The Balaban J connectivity index is 1.98. The summed E-state index contributed by atoms with van der Waals surface area (Å²) in [5.41, 5.74) is -0.0614. The molecule has 1 amide bonds. The van der Waals surface area contributed by atoms with Crippen molar-refractivity contribution in [3.05, 3.63) is 29.6 Å². The van der Waals surface area contributed by atoms with E-state index in [1.807, 2.05) is 0 Å². The van der Waals surface area contributed by atoms with E-state index in [0.29, 0.717) is 6.42 Å². The van der Waals surface area contributed by atoms with E-state index < -0.39 is 17.5 Å². The molecular formula is C14H11FN2O2. The zero-order valence-corrected chi connectivity index (χ0v) is 10.1. The molecule has 19 heavy (non-hydrogen) atoms. The van der Waals surface area contributed by atoms with Gasteiger partial charge in [0.25, 0.3) is 11.7 Å². The lowest BCUT2D eigenvalue weighted by Gasteiger charge is -2.22.